The molecule has 0 aromatic heterocycles. The zero-order valence-corrected chi connectivity index (χ0v) is 20.6. The number of nitrogens with one attached hydrogen (secondary N) is 1. The molecule has 1 N–H and O–H groups in total. The fourth-order valence-corrected chi connectivity index (χ4v) is 4.99. The van der Waals surface area contributed by atoms with E-state index in [4.69, 9.17) is 0 Å². The average Bonchev–Trinajstić information content (AvgIpc) is 2.62. The molecule has 29 heavy (non-hydrogen) atoms. The Balaban J connectivity index is 1.92. The maximum absolute atomic E-state index is 12.6. The van der Waals surface area contributed by atoms with Crippen LogP contribution < -0.4 is 5.32 Å². The van der Waals surface area contributed by atoms with E-state index in [2.05, 4.69) is 44.8 Å². The zero-order valence-electron chi connectivity index (χ0n) is 20.6. The van der Waals surface area contributed by atoms with Gasteiger partial charge in [-0.25, -0.2) is 0 Å². The average molecular weight is 409 g/mol. The smallest absolute Gasteiger partial charge is 0.222 e. The Hall–Kier alpha value is -0.570. The number of carbonyl (C=O) groups excluding carboxylic acids is 1. The minimum absolute atomic E-state index is 0.00641. The van der Waals surface area contributed by atoms with E-state index in [1.54, 1.807) is 0 Å². The second-order valence-corrected chi connectivity index (χ2v) is 10.8. The lowest BCUT2D eigenvalue weighted by Crippen LogP contribution is -2.67. The summed E-state index contributed by atoms with van der Waals surface area (Å²) < 4.78 is 0. The van der Waals surface area contributed by atoms with Crippen LogP contribution in [0, 0.1) is 0 Å². The fourth-order valence-electron chi connectivity index (χ4n) is 4.99. The van der Waals surface area contributed by atoms with Gasteiger partial charge in [-0.3, -0.25) is 4.79 Å². The summed E-state index contributed by atoms with van der Waals surface area (Å²) in [5, 5.41) is 3.64. The summed E-state index contributed by atoms with van der Waals surface area (Å²) in [7, 11) is 0. The van der Waals surface area contributed by atoms with Crippen molar-refractivity contribution in [1.82, 2.24) is 10.2 Å². The summed E-state index contributed by atoms with van der Waals surface area (Å²) in [4.78, 5) is 14.7. The molecule has 0 aromatic carbocycles. The Morgan fingerprint density at radius 2 is 1.00 bits per heavy atom. The predicted octanol–water partition coefficient (Wildman–Crippen LogP) is 7.24. The predicted molar refractivity (Wildman–Crippen MR) is 127 cm³/mol. The van der Waals surface area contributed by atoms with Gasteiger partial charge in [-0.05, 0) is 34.1 Å². The van der Waals surface area contributed by atoms with Crippen molar-refractivity contribution in [3.8, 4) is 0 Å². The van der Waals surface area contributed by atoms with Crippen molar-refractivity contribution in [3.63, 3.8) is 0 Å². The number of amides is 1. The van der Waals surface area contributed by atoms with Gasteiger partial charge in [0.15, 0.2) is 0 Å². The van der Waals surface area contributed by atoms with Crippen LogP contribution in [-0.4, -0.2) is 35.0 Å². The maximum atomic E-state index is 12.6. The molecule has 1 fully saturated rings. The number of nitrogens with zero attached hydrogens (tertiary/aromatic N) is 1. The molecule has 1 aliphatic heterocycles. The van der Waals surface area contributed by atoms with Gasteiger partial charge in [-0.1, -0.05) is 96.8 Å². The topological polar surface area (TPSA) is 32.3 Å². The SMILES string of the molecule is CCCCCCCCCCCCCCCCCC(=O)N1CC(C)(C)NC(C)(C)C1. The summed E-state index contributed by atoms with van der Waals surface area (Å²) in [5.41, 5.74) is 0.0128. The number of rotatable bonds is 16. The quantitative estimate of drug-likeness (QED) is 0.273. The lowest BCUT2D eigenvalue weighted by Gasteiger charge is -2.48. The number of hydrogen-bond donors (Lipinski definition) is 1. The Morgan fingerprint density at radius 1 is 0.655 bits per heavy atom. The standard InChI is InChI=1S/C26H52N2O/c1-6-7-8-9-10-11-12-13-14-15-16-17-18-19-20-21-24(29)28-22-25(2,3)27-26(4,5)23-28/h27H,6-23H2,1-5H3. The molecule has 1 amide bonds. The summed E-state index contributed by atoms with van der Waals surface area (Å²) in [6.07, 6.45) is 21.2. The molecule has 3 nitrogen and oxygen atoms in total. The van der Waals surface area contributed by atoms with E-state index < -0.39 is 0 Å². The molecule has 0 saturated carbocycles. The van der Waals surface area contributed by atoms with Crippen LogP contribution in [0.3, 0.4) is 0 Å². The second kappa shape index (κ2) is 14.4. The largest absolute Gasteiger partial charge is 0.339 e. The van der Waals surface area contributed by atoms with Gasteiger partial charge in [-0.2, -0.15) is 0 Å². The Morgan fingerprint density at radius 3 is 1.38 bits per heavy atom. The first-order chi connectivity index (χ1) is 13.8. The third kappa shape index (κ3) is 13.4. The first-order valence-corrected chi connectivity index (χ1v) is 12.8. The molecule has 0 atom stereocenters. The van der Waals surface area contributed by atoms with E-state index in [-0.39, 0.29) is 11.1 Å². The van der Waals surface area contributed by atoms with Crippen molar-refractivity contribution >= 4 is 5.91 Å². The third-order valence-corrected chi connectivity index (χ3v) is 6.20. The van der Waals surface area contributed by atoms with Crippen molar-refractivity contribution in [1.29, 1.82) is 0 Å². The van der Waals surface area contributed by atoms with Crippen LogP contribution in [0.15, 0.2) is 0 Å². The first-order valence-electron chi connectivity index (χ1n) is 12.8. The molecule has 172 valence electrons. The van der Waals surface area contributed by atoms with Crippen LogP contribution in [0.5, 0.6) is 0 Å². The van der Waals surface area contributed by atoms with Gasteiger partial charge in [0.25, 0.3) is 0 Å². The van der Waals surface area contributed by atoms with Crippen molar-refractivity contribution < 1.29 is 4.79 Å². The van der Waals surface area contributed by atoms with E-state index >= 15 is 0 Å². The second-order valence-electron chi connectivity index (χ2n) is 10.8. The first kappa shape index (κ1) is 26.5. The van der Waals surface area contributed by atoms with Gasteiger partial charge in [-0.15, -0.1) is 0 Å². The van der Waals surface area contributed by atoms with Gasteiger partial charge < -0.3 is 10.2 Å². The molecule has 1 rings (SSSR count). The van der Waals surface area contributed by atoms with Gasteiger partial charge in [0.2, 0.25) is 5.91 Å². The Kier molecular flexibility index (Phi) is 13.2. The van der Waals surface area contributed by atoms with Crippen LogP contribution in [0.2, 0.25) is 0 Å². The van der Waals surface area contributed by atoms with Crippen molar-refractivity contribution in [2.75, 3.05) is 13.1 Å². The lowest BCUT2D eigenvalue weighted by molar-refractivity contribution is -0.135. The van der Waals surface area contributed by atoms with E-state index in [0.29, 0.717) is 5.91 Å². The minimum Gasteiger partial charge on any atom is -0.339 e. The van der Waals surface area contributed by atoms with Crippen molar-refractivity contribution in [2.45, 2.75) is 148 Å². The molecule has 1 saturated heterocycles. The van der Waals surface area contributed by atoms with E-state index in [1.807, 2.05) is 0 Å². The summed E-state index contributed by atoms with van der Waals surface area (Å²) in [6, 6.07) is 0. The van der Waals surface area contributed by atoms with Crippen molar-refractivity contribution in [2.24, 2.45) is 0 Å². The number of carbonyl (C=O) groups is 1. The molecule has 1 aliphatic rings. The third-order valence-electron chi connectivity index (χ3n) is 6.20. The molecule has 0 aliphatic carbocycles. The molecular weight excluding hydrogens is 356 g/mol. The normalized spacial score (nSPS) is 18.2. The van der Waals surface area contributed by atoms with Crippen LogP contribution in [0.1, 0.15) is 137 Å². The lowest BCUT2D eigenvalue weighted by atomic mass is 9.91. The highest BCUT2D eigenvalue weighted by Crippen LogP contribution is 2.22. The minimum atomic E-state index is 0.00641. The van der Waals surface area contributed by atoms with Gasteiger partial charge in [0, 0.05) is 30.6 Å². The molecule has 3 heteroatoms. The monoisotopic (exact) mass is 408 g/mol. The summed E-state index contributed by atoms with van der Waals surface area (Å²) >= 11 is 0. The van der Waals surface area contributed by atoms with Crippen LogP contribution in [-0.2, 0) is 4.79 Å². The highest BCUT2D eigenvalue weighted by atomic mass is 16.2. The van der Waals surface area contributed by atoms with Gasteiger partial charge >= 0.3 is 0 Å². The number of hydrogen-bond acceptors (Lipinski definition) is 2. The summed E-state index contributed by atoms with van der Waals surface area (Å²) in [6.45, 7) is 12.7. The highest BCUT2D eigenvalue weighted by molar-refractivity contribution is 5.76. The maximum Gasteiger partial charge on any atom is 0.222 e. The molecule has 0 spiro atoms. The molecule has 1 heterocycles. The zero-order chi connectivity index (χ0) is 21.6. The fraction of sp³-hybridized carbons (Fsp3) is 0.962. The molecule has 0 bridgehead atoms. The highest BCUT2D eigenvalue weighted by Gasteiger charge is 2.37. The molecule has 0 unspecified atom stereocenters. The van der Waals surface area contributed by atoms with Crippen molar-refractivity contribution in [3.05, 3.63) is 0 Å². The molecule has 0 aromatic rings. The Labute approximate surface area is 182 Å². The molecular formula is C26H52N2O. The van der Waals surface area contributed by atoms with Gasteiger partial charge in [0.1, 0.15) is 0 Å². The van der Waals surface area contributed by atoms with E-state index in [0.717, 1.165) is 25.9 Å². The van der Waals surface area contributed by atoms with Gasteiger partial charge in [0.05, 0.1) is 0 Å². The van der Waals surface area contributed by atoms with E-state index in [9.17, 15) is 4.79 Å². The number of piperazine rings is 1. The van der Waals surface area contributed by atoms with Crippen LogP contribution in [0.4, 0.5) is 0 Å². The summed E-state index contributed by atoms with van der Waals surface area (Å²) in [5.74, 6) is 0.349. The number of unbranched alkanes of at least 4 members (excludes halogenated alkanes) is 14. The van der Waals surface area contributed by atoms with E-state index in [1.165, 1.54) is 89.9 Å². The van der Waals surface area contributed by atoms with Crippen LogP contribution >= 0.6 is 0 Å². The Bertz CT molecular complexity index is 414. The molecule has 0 radical (unpaired) electrons. The van der Waals surface area contributed by atoms with Crippen LogP contribution in [0.25, 0.3) is 0 Å².